The van der Waals surface area contributed by atoms with Gasteiger partial charge in [-0.05, 0) is 25.8 Å². The molecular weight excluding hydrogens is 204 g/mol. The molecule has 5 nitrogen and oxygen atoms in total. The molecule has 2 heterocycles. The van der Waals surface area contributed by atoms with Crippen molar-refractivity contribution in [1.29, 1.82) is 0 Å². The highest BCUT2D eigenvalue weighted by Gasteiger charge is 2.24. The molecule has 0 spiro atoms. The lowest BCUT2D eigenvalue weighted by Crippen LogP contribution is -2.39. The molecule has 0 aliphatic carbocycles. The van der Waals surface area contributed by atoms with Crippen LogP contribution in [0.1, 0.15) is 18.7 Å². The van der Waals surface area contributed by atoms with E-state index in [1.54, 1.807) is 6.33 Å². The van der Waals surface area contributed by atoms with Gasteiger partial charge in [-0.3, -0.25) is 4.68 Å². The van der Waals surface area contributed by atoms with E-state index in [2.05, 4.69) is 15.4 Å². The standard InChI is InChI=1S/C11H20N4O/c1-12-10(9-3-5-16-6-4-9)7-11-13-8-14-15(11)2/h8-10,12H,3-7H2,1-2H3. The normalized spacial score (nSPS) is 19.9. The third-order valence-electron chi connectivity index (χ3n) is 3.41. The first-order valence-corrected chi connectivity index (χ1v) is 5.89. The van der Waals surface area contributed by atoms with Gasteiger partial charge in [-0.2, -0.15) is 5.10 Å². The Morgan fingerprint density at radius 2 is 2.31 bits per heavy atom. The number of aromatic nitrogens is 3. The zero-order valence-electron chi connectivity index (χ0n) is 10.0. The van der Waals surface area contributed by atoms with E-state index in [1.165, 1.54) is 0 Å². The molecule has 1 aliphatic rings. The maximum absolute atomic E-state index is 5.39. The lowest BCUT2D eigenvalue weighted by atomic mass is 9.89. The molecule has 0 bridgehead atoms. The molecule has 2 rings (SSSR count). The van der Waals surface area contributed by atoms with Crippen molar-refractivity contribution >= 4 is 0 Å². The maximum Gasteiger partial charge on any atom is 0.138 e. The fourth-order valence-corrected chi connectivity index (χ4v) is 2.32. The van der Waals surface area contributed by atoms with Crippen molar-refractivity contribution in [3.63, 3.8) is 0 Å². The predicted molar refractivity (Wildman–Crippen MR) is 61.1 cm³/mol. The quantitative estimate of drug-likeness (QED) is 0.803. The minimum Gasteiger partial charge on any atom is -0.381 e. The summed E-state index contributed by atoms with van der Waals surface area (Å²) < 4.78 is 7.24. The number of ether oxygens (including phenoxy) is 1. The summed E-state index contributed by atoms with van der Waals surface area (Å²) in [5.41, 5.74) is 0. The van der Waals surface area contributed by atoms with Crippen LogP contribution in [-0.4, -0.2) is 41.1 Å². The fourth-order valence-electron chi connectivity index (χ4n) is 2.32. The number of aryl methyl sites for hydroxylation is 1. The fraction of sp³-hybridized carbons (Fsp3) is 0.818. The van der Waals surface area contributed by atoms with Gasteiger partial charge in [0.25, 0.3) is 0 Å². The summed E-state index contributed by atoms with van der Waals surface area (Å²) in [4.78, 5) is 4.28. The number of nitrogens with zero attached hydrogens (tertiary/aromatic N) is 3. The second-order valence-electron chi connectivity index (χ2n) is 4.35. The monoisotopic (exact) mass is 224 g/mol. The predicted octanol–water partition coefficient (Wildman–Crippen LogP) is 0.372. The molecule has 0 aromatic carbocycles. The average molecular weight is 224 g/mol. The van der Waals surface area contributed by atoms with Gasteiger partial charge >= 0.3 is 0 Å². The Morgan fingerprint density at radius 3 is 2.88 bits per heavy atom. The number of hydrogen-bond donors (Lipinski definition) is 1. The number of rotatable bonds is 4. The molecular formula is C11H20N4O. The molecule has 1 aromatic heterocycles. The maximum atomic E-state index is 5.39. The molecule has 90 valence electrons. The van der Waals surface area contributed by atoms with Gasteiger partial charge in [0.05, 0.1) is 0 Å². The molecule has 1 unspecified atom stereocenters. The van der Waals surface area contributed by atoms with E-state index in [0.29, 0.717) is 12.0 Å². The van der Waals surface area contributed by atoms with Gasteiger partial charge in [0.1, 0.15) is 12.2 Å². The first kappa shape index (κ1) is 11.5. The van der Waals surface area contributed by atoms with Crippen molar-refractivity contribution in [2.45, 2.75) is 25.3 Å². The minimum atomic E-state index is 0.479. The zero-order chi connectivity index (χ0) is 11.4. The van der Waals surface area contributed by atoms with E-state index in [9.17, 15) is 0 Å². The Hall–Kier alpha value is -0.940. The molecule has 1 N–H and O–H groups in total. The Bertz CT molecular complexity index is 320. The SMILES string of the molecule is CNC(Cc1ncnn1C)C1CCOCC1. The van der Waals surface area contributed by atoms with Gasteiger partial charge in [0, 0.05) is 32.7 Å². The van der Waals surface area contributed by atoms with Crippen molar-refractivity contribution < 1.29 is 4.74 Å². The lowest BCUT2D eigenvalue weighted by molar-refractivity contribution is 0.0544. The van der Waals surface area contributed by atoms with Crippen molar-refractivity contribution in [2.75, 3.05) is 20.3 Å². The first-order valence-electron chi connectivity index (χ1n) is 5.89. The van der Waals surface area contributed by atoms with Crippen LogP contribution in [0.4, 0.5) is 0 Å². The van der Waals surface area contributed by atoms with E-state index in [1.807, 2.05) is 18.8 Å². The lowest BCUT2D eigenvalue weighted by Gasteiger charge is -2.29. The van der Waals surface area contributed by atoms with Gasteiger partial charge in [-0.25, -0.2) is 4.98 Å². The van der Waals surface area contributed by atoms with Crippen LogP contribution in [0.15, 0.2) is 6.33 Å². The topological polar surface area (TPSA) is 52.0 Å². The van der Waals surface area contributed by atoms with Crippen LogP contribution in [-0.2, 0) is 18.2 Å². The summed E-state index contributed by atoms with van der Waals surface area (Å²) in [6.07, 6.45) is 4.84. The van der Waals surface area contributed by atoms with Crippen molar-refractivity contribution in [2.24, 2.45) is 13.0 Å². The van der Waals surface area contributed by atoms with Crippen LogP contribution in [0, 0.1) is 5.92 Å². The molecule has 1 fully saturated rings. The van der Waals surface area contributed by atoms with Gasteiger partial charge < -0.3 is 10.1 Å². The number of nitrogens with one attached hydrogen (secondary N) is 1. The summed E-state index contributed by atoms with van der Waals surface area (Å²) in [6.45, 7) is 1.78. The number of hydrogen-bond acceptors (Lipinski definition) is 4. The second kappa shape index (κ2) is 5.41. The van der Waals surface area contributed by atoms with Crippen molar-refractivity contribution in [3.05, 3.63) is 12.2 Å². The van der Waals surface area contributed by atoms with Gasteiger partial charge in [0.2, 0.25) is 0 Å². The first-order chi connectivity index (χ1) is 7.81. The van der Waals surface area contributed by atoms with Crippen LogP contribution < -0.4 is 5.32 Å². The highest BCUT2D eigenvalue weighted by molar-refractivity contribution is 4.91. The highest BCUT2D eigenvalue weighted by Crippen LogP contribution is 2.20. The van der Waals surface area contributed by atoms with E-state index in [0.717, 1.165) is 38.3 Å². The van der Waals surface area contributed by atoms with Gasteiger partial charge in [0.15, 0.2) is 0 Å². The van der Waals surface area contributed by atoms with Crippen LogP contribution in [0.3, 0.4) is 0 Å². The molecule has 1 aromatic rings. The molecule has 0 radical (unpaired) electrons. The van der Waals surface area contributed by atoms with Gasteiger partial charge in [-0.1, -0.05) is 0 Å². The summed E-state index contributed by atoms with van der Waals surface area (Å²) in [6, 6.07) is 0.479. The number of likely N-dealkylation sites (N-methyl/N-ethyl adjacent to an activating group) is 1. The highest BCUT2D eigenvalue weighted by atomic mass is 16.5. The van der Waals surface area contributed by atoms with Crippen LogP contribution in [0.25, 0.3) is 0 Å². The van der Waals surface area contributed by atoms with Crippen LogP contribution >= 0.6 is 0 Å². The van der Waals surface area contributed by atoms with Crippen LogP contribution in [0.2, 0.25) is 0 Å². The van der Waals surface area contributed by atoms with Crippen molar-refractivity contribution in [1.82, 2.24) is 20.1 Å². The molecule has 1 atom stereocenters. The minimum absolute atomic E-state index is 0.479. The smallest absolute Gasteiger partial charge is 0.138 e. The molecule has 1 aliphatic heterocycles. The Balaban J connectivity index is 1.97. The largest absolute Gasteiger partial charge is 0.381 e. The van der Waals surface area contributed by atoms with E-state index in [-0.39, 0.29) is 0 Å². The third-order valence-corrected chi connectivity index (χ3v) is 3.41. The van der Waals surface area contributed by atoms with E-state index >= 15 is 0 Å². The van der Waals surface area contributed by atoms with Crippen LogP contribution in [0.5, 0.6) is 0 Å². The van der Waals surface area contributed by atoms with Crippen molar-refractivity contribution in [3.8, 4) is 0 Å². The average Bonchev–Trinajstić information content (AvgIpc) is 2.73. The Labute approximate surface area is 96.2 Å². The molecule has 0 amide bonds. The van der Waals surface area contributed by atoms with E-state index < -0.39 is 0 Å². The second-order valence-corrected chi connectivity index (χ2v) is 4.35. The molecule has 5 heteroatoms. The van der Waals surface area contributed by atoms with Gasteiger partial charge in [-0.15, -0.1) is 0 Å². The summed E-state index contributed by atoms with van der Waals surface area (Å²) in [5.74, 6) is 1.74. The molecule has 0 saturated carbocycles. The molecule has 1 saturated heterocycles. The third kappa shape index (κ3) is 2.59. The Kier molecular flexibility index (Phi) is 3.90. The summed E-state index contributed by atoms with van der Waals surface area (Å²) in [5, 5.41) is 7.50. The summed E-state index contributed by atoms with van der Waals surface area (Å²) >= 11 is 0. The molecule has 16 heavy (non-hydrogen) atoms. The zero-order valence-corrected chi connectivity index (χ0v) is 10.0. The summed E-state index contributed by atoms with van der Waals surface area (Å²) in [7, 11) is 3.97. The van der Waals surface area contributed by atoms with E-state index in [4.69, 9.17) is 4.74 Å². The Morgan fingerprint density at radius 1 is 1.56 bits per heavy atom.